The minimum atomic E-state index is -3.94. The lowest BCUT2D eigenvalue weighted by atomic mass is 10.0. The molecule has 37 heavy (non-hydrogen) atoms. The van der Waals surface area contributed by atoms with Crippen LogP contribution in [-0.2, 0) is 26.2 Å². The normalized spacial score (nSPS) is 15.2. The lowest BCUT2D eigenvalue weighted by molar-refractivity contribution is -0.142. The van der Waals surface area contributed by atoms with E-state index in [9.17, 15) is 22.8 Å². The van der Waals surface area contributed by atoms with Crippen LogP contribution in [0.15, 0.2) is 53.4 Å². The highest BCUT2D eigenvalue weighted by Crippen LogP contribution is 2.30. The Kier molecular flexibility index (Phi) is 8.63. The van der Waals surface area contributed by atoms with Gasteiger partial charge in [0.25, 0.3) is 15.9 Å². The summed E-state index contributed by atoms with van der Waals surface area (Å²) in [7, 11) is -2.37. The fourth-order valence-corrected chi connectivity index (χ4v) is 5.88. The smallest absolute Gasteiger partial charge is 0.269 e. The van der Waals surface area contributed by atoms with Crippen LogP contribution in [0.2, 0.25) is 0 Å². The molecule has 0 spiro atoms. The van der Waals surface area contributed by atoms with Crippen molar-refractivity contribution in [3.05, 3.63) is 59.7 Å². The Morgan fingerprint density at radius 2 is 1.73 bits per heavy atom. The maximum atomic E-state index is 13.4. The number of benzene rings is 2. The standard InChI is InChI=1S/C27H35N3O6S/c1-6-22(25(32)28-27(2,3)4)29(18-19-13-15-20(36-5)16-14-19)24(31)12-9-17-30-26(33)21-10-7-8-11-23(21)37(30,34)35/h7-8,10-11,13-16,22H,6,9,12,17-18H2,1-5H3,(H,28,32)/t22-/m0/s1. The number of methoxy groups -OCH3 is 1. The van der Waals surface area contributed by atoms with E-state index in [0.717, 1.165) is 9.87 Å². The van der Waals surface area contributed by atoms with Crippen molar-refractivity contribution in [3.63, 3.8) is 0 Å². The number of fused-ring (bicyclic) bond motifs is 1. The zero-order chi connectivity index (χ0) is 27.4. The van der Waals surface area contributed by atoms with Gasteiger partial charge in [-0.05, 0) is 63.4 Å². The molecule has 0 radical (unpaired) electrons. The first-order chi connectivity index (χ1) is 17.4. The van der Waals surface area contributed by atoms with E-state index in [1.165, 1.54) is 17.0 Å². The summed E-state index contributed by atoms with van der Waals surface area (Å²) in [5.41, 5.74) is 0.488. The summed E-state index contributed by atoms with van der Waals surface area (Å²) < 4.78 is 31.7. The average molecular weight is 530 g/mol. The first kappa shape index (κ1) is 28.2. The quantitative estimate of drug-likeness (QED) is 0.505. The highest BCUT2D eigenvalue weighted by molar-refractivity contribution is 7.90. The zero-order valence-corrected chi connectivity index (χ0v) is 22.8. The van der Waals surface area contributed by atoms with Gasteiger partial charge in [0.15, 0.2) is 0 Å². The fraction of sp³-hybridized carbons (Fsp3) is 0.444. The topological polar surface area (TPSA) is 113 Å². The van der Waals surface area contributed by atoms with Crippen molar-refractivity contribution >= 4 is 27.7 Å². The minimum Gasteiger partial charge on any atom is -0.497 e. The van der Waals surface area contributed by atoms with E-state index in [1.807, 2.05) is 39.8 Å². The largest absolute Gasteiger partial charge is 0.497 e. The fourth-order valence-electron chi connectivity index (χ4n) is 4.27. The van der Waals surface area contributed by atoms with Crippen molar-refractivity contribution in [2.75, 3.05) is 13.7 Å². The molecular formula is C27H35N3O6S. The SMILES string of the molecule is CC[C@@H](C(=O)NC(C)(C)C)N(Cc1ccc(OC)cc1)C(=O)CCCN1C(=O)c2ccccc2S1(=O)=O. The van der Waals surface area contributed by atoms with Gasteiger partial charge in [-0.25, -0.2) is 12.7 Å². The zero-order valence-electron chi connectivity index (χ0n) is 22.0. The second-order valence-electron chi connectivity index (χ2n) is 10.0. The Labute approximate surface area is 218 Å². The van der Waals surface area contributed by atoms with Gasteiger partial charge < -0.3 is 15.0 Å². The summed E-state index contributed by atoms with van der Waals surface area (Å²) in [6, 6.07) is 12.6. The van der Waals surface area contributed by atoms with Gasteiger partial charge in [0.05, 0.1) is 12.7 Å². The number of amides is 3. The number of nitrogens with one attached hydrogen (secondary N) is 1. The summed E-state index contributed by atoms with van der Waals surface area (Å²) in [6.45, 7) is 7.54. The summed E-state index contributed by atoms with van der Waals surface area (Å²) in [4.78, 5) is 40.7. The highest BCUT2D eigenvalue weighted by Gasteiger charge is 2.40. The molecule has 0 fully saturated rings. The molecule has 200 valence electrons. The van der Waals surface area contributed by atoms with Crippen molar-refractivity contribution in [3.8, 4) is 5.75 Å². The number of hydrogen-bond acceptors (Lipinski definition) is 6. The predicted octanol–water partition coefficient (Wildman–Crippen LogP) is 3.34. The minimum absolute atomic E-state index is 0.0163. The lowest BCUT2D eigenvalue weighted by Crippen LogP contribution is -2.53. The van der Waals surface area contributed by atoms with Gasteiger partial charge in [-0.15, -0.1) is 0 Å². The maximum Gasteiger partial charge on any atom is 0.269 e. The van der Waals surface area contributed by atoms with Crippen LogP contribution in [0.5, 0.6) is 5.75 Å². The molecule has 10 heteroatoms. The number of nitrogens with zero attached hydrogens (tertiary/aromatic N) is 2. The van der Waals surface area contributed by atoms with Gasteiger partial charge in [-0.1, -0.05) is 31.2 Å². The first-order valence-corrected chi connectivity index (χ1v) is 13.7. The second kappa shape index (κ2) is 11.3. The van der Waals surface area contributed by atoms with E-state index in [1.54, 1.807) is 31.4 Å². The number of ether oxygens (including phenoxy) is 1. The van der Waals surface area contributed by atoms with Crippen molar-refractivity contribution in [1.29, 1.82) is 0 Å². The number of sulfonamides is 1. The Hall–Kier alpha value is -3.40. The van der Waals surface area contributed by atoms with Crippen LogP contribution in [0.1, 0.15) is 62.9 Å². The summed E-state index contributed by atoms with van der Waals surface area (Å²) >= 11 is 0. The lowest BCUT2D eigenvalue weighted by Gasteiger charge is -2.33. The summed E-state index contributed by atoms with van der Waals surface area (Å²) in [5.74, 6) is -0.469. The van der Waals surface area contributed by atoms with Crippen LogP contribution in [0, 0.1) is 0 Å². The first-order valence-electron chi connectivity index (χ1n) is 12.3. The van der Waals surface area contributed by atoms with Crippen LogP contribution < -0.4 is 10.1 Å². The Morgan fingerprint density at radius 1 is 1.08 bits per heavy atom. The molecule has 1 aliphatic heterocycles. The van der Waals surface area contributed by atoms with Gasteiger partial charge >= 0.3 is 0 Å². The molecule has 9 nitrogen and oxygen atoms in total. The molecule has 1 heterocycles. The summed E-state index contributed by atoms with van der Waals surface area (Å²) in [5, 5.41) is 2.95. The van der Waals surface area contributed by atoms with E-state index >= 15 is 0 Å². The molecule has 0 aromatic heterocycles. The summed E-state index contributed by atoms with van der Waals surface area (Å²) in [6.07, 6.45) is 0.511. The highest BCUT2D eigenvalue weighted by atomic mass is 32.2. The molecular weight excluding hydrogens is 494 g/mol. The van der Waals surface area contributed by atoms with Crippen LogP contribution in [0.4, 0.5) is 0 Å². The molecule has 0 saturated heterocycles. The molecule has 0 bridgehead atoms. The third-order valence-electron chi connectivity index (χ3n) is 6.06. The van der Waals surface area contributed by atoms with Gasteiger partial charge in [0, 0.05) is 25.0 Å². The van der Waals surface area contributed by atoms with E-state index < -0.39 is 27.5 Å². The van der Waals surface area contributed by atoms with E-state index in [-0.39, 0.29) is 48.2 Å². The third-order valence-corrected chi connectivity index (χ3v) is 7.90. The molecule has 2 aromatic rings. The van der Waals surface area contributed by atoms with Gasteiger partial charge in [0.2, 0.25) is 11.8 Å². The third kappa shape index (κ3) is 6.49. The molecule has 2 aromatic carbocycles. The Bertz CT molecular complexity index is 1250. The van der Waals surface area contributed by atoms with E-state index in [2.05, 4.69) is 5.32 Å². The number of carbonyl (C=O) groups excluding carboxylic acids is 3. The van der Waals surface area contributed by atoms with Gasteiger partial charge in [-0.2, -0.15) is 0 Å². The van der Waals surface area contributed by atoms with E-state index in [0.29, 0.717) is 12.2 Å². The monoisotopic (exact) mass is 529 g/mol. The average Bonchev–Trinajstić information content (AvgIpc) is 3.03. The molecule has 0 saturated carbocycles. The van der Waals surface area contributed by atoms with Crippen molar-refractivity contribution in [1.82, 2.24) is 14.5 Å². The molecule has 1 atom stereocenters. The molecule has 1 aliphatic rings. The molecule has 3 rings (SSSR count). The second-order valence-corrected chi connectivity index (χ2v) is 11.8. The maximum absolute atomic E-state index is 13.4. The number of carbonyl (C=O) groups is 3. The van der Waals surface area contributed by atoms with Crippen molar-refractivity contribution in [2.45, 2.75) is 70.0 Å². The van der Waals surface area contributed by atoms with Crippen molar-refractivity contribution in [2.24, 2.45) is 0 Å². The Morgan fingerprint density at radius 3 is 2.30 bits per heavy atom. The molecule has 1 N–H and O–H groups in total. The van der Waals surface area contributed by atoms with Crippen LogP contribution in [-0.4, -0.2) is 60.6 Å². The number of rotatable bonds is 10. The molecule has 0 unspecified atom stereocenters. The van der Waals surface area contributed by atoms with Crippen LogP contribution >= 0.6 is 0 Å². The van der Waals surface area contributed by atoms with Crippen molar-refractivity contribution < 1.29 is 27.5 Å². The van der Waals surface area contributed by atoms with E-state index in [4.69, 9.17) is 4.74 Å². The van der Waals surface area contributed by atoms with Gasteiger partial charge in [-0.3, -0.25) is 14.4 Å². The number of hydrogen-bond donors (Lipinski definition) is 1. The van der Waals surface area contributed by atoms with Gasteiger partial charge in [0.1, 0.15) is 16.7 Å². The Balaban J connectivity index is 1.76. The van der Waals surface area contributed by atoms with Crippen LogP contribution in [0.25, 0.3) is 0 Å². The van der Waals surface area contributed by atoms with Crippen LogP contribution in [0.3, 0.4) is 0 Å². The predicted molar refractivity (Wildman–Crippen MR) is 139 cm³/mol. The molecule has 0 aliphatic carbocycles. The molecule has 3 amide bonds.